The van der Waals surface area contributed by atoms with Gasteiger partial charge in [0.15, 0.2) is 0 Å². The fourth-order valence-electron chi connectivity index (χ4n) is 2.93. The molecule has 0 saturated heterocycles. The van der Waals surface area contributed by atoms with Crippen molar-refractivity contribution in [3.63, 3.8) is 0 Å². The fraction of sp³-hybridized carbons (Fsp3) is 0.316. The molecule has 0 atom stereocenters. The lowest BCUT2D eigenvalue weighted by atomic mass is 10.0. The summed E-state index contributed by atoms with van der Waals surface area (Å²) in [5, 5.41) is 2.93. The molecule has 8 nitrogen and oxygen atoms in total. The molecule has 0 aliphatic carbocycles. The molecular weight excluding hydrogens is 380 g/mol. The van der Waals surface area contributed by atoms with Crippen LogP contribution in [0.1, 0.15) is 41.0 Å². The molecular formula is C19H22N4O4S. The lowest BCUT2D eigenvalue weighted by Gasteiger charge is -2.27. The SMILES string of the molecule is Cc1ncccc1C(=O)NC(C)(C)COc1cccc2c1C(N)=NS(=O)(=O)C2. The highest BCUT2D eigenvalue weighted by molar-refractivity contribution is 7.89. The average molecular weight is 402 g/mol. The molecule has 9 heteroatoms. The first-order valence-electron chi connectivity index (χ1n) is 8.65. The minimum absolute atomic E-state index is 0.0929. The van der Waals surface area contributed by atoms with E-state index < -0.39 is 15.6 Å². The number of carbonyl (C=O) groups excluding carboxylic acids is 1. The quantitative estimate of drug-likeness (QED) is 0.782. The molecule has 28 heavy (non-hydrogen) atoms. The summed E-state index contributed by atoms with van der Waals surface area (Å²) >= 11 is 0. The second kappa shape index (κ2) is 7.23. The number of carbonyl (C=O) groups is 1. The number of amides is 1. The normalized spacial score (nSPS) is 15.3. The third-order valence-corrected chi connectivity index (χ3v) is 5.39. The number of nitrogens with one attached hydrogen (secondary N) is 1. The number of rotatable bonds is 5. The van der Waals surface area contributed by atoms with Crippen molar-refractivity contribution < 1.29 is 17.9 Å². The molecule has 2 aromatic rings. The zero-order valence-corrected chi connectivity index (χ0v) is 16.7. The van der Waals surface area contributed by atoms with Crippen LogP contribution >= 0.6 is 0 Å². The van der Waals surface area contributed by atoms with E-state index in [0.717, 1.165) is 0 Å². The van der Waals surface area contributed by atoms with Gasteiger partial charge in [0.25, 0.3) is 15.9 Å². The number of sulfonamides is 1. The van der Waals surface area contributed by atoms with Crippen molar-refractivity contribution in [3.05, 3.63) is 58.9 Å². The predicted molar refractivity (Wildman–Crippen MR) is 106 cm³/mol. The molecule has 1 amide bonds. The van der Waals surface area contributed by atoms with E-state index >= 15 is 0 Å². The Hall–Kier alpha value is -2.94. The van der Waals surface area contributed by atoms with Crippen LogP contribution in [0.25, 0.3) is 0 Å². The summed E-state index contributed by atoms with van der Waals surface area (Å²) in [5.41, 5.74) is 7.30. The van der Waals surface area contributed by atoms with Crippen LogP contribution in [0.5, 0.6) is 5.75 Å². The van der Waals surface area contributed by atoms with E-state index in [1.54, 1.807) is 43.5 Å². The number of aromatic nitrogens is 1. The number of aryl methyl sites for hydroxylation is 1. The highest BCUT2D eigenvalue weighted by atomic mass is 32.2. The lowest BCUT2D eigenvalue weighted by Crippen LogP contribution is -2.48. The smallest absolute Gasteiger partial charge is 0.259 e. The van der Waals surface area contributed by atoms with Crippen LogP contribution in [0.2, 0.25) is 0 Å². The highest BCUT2D eigenvalue weighted by Crippen LogP contribution is 2.28. The van der Waals surface area contributed by atoms with Gasteiger partial charge < -0.3 is 15.8 Å². The highest BCUT2D eigenvalue weighted by Gasteiger charge is 2.27. The number of pyridine rings is 1. The Balaban J connectivity index is 1.76. The summed E-state index contributed by atoms with van der Waals surface area (Å²) in [7, 11) is -3.61. The lowest BCUT2D eigenvalue weighted by molar-refractivity contribution is 0.0879. The second-order valence-electron chi connectivity index (χ2n) is 7.26. The van der Waals surface area contributed by atoms with Crippen molar-refractivity contribution >= 4 is 21.8 Å². The van der Waals surface area contributed by atoms with Gasteiger partial charge in [-0.05, 0) is 44.5 Å². The van der Waals surface area contributed by atoms with Gasteiger partial charge in [0.1, 0.15) is 18.2 Å². The molecule has 3 rings (SSSR count). The van der Waals surface area contributed by atoms with Crippen molar-refractivity contribution in [3.8, 4) is 5.75 Å². The standard InChI is InChI=1S/C19H22N4O4S/c1-12-14(7-5-9-21-12)18(24)22-19(2,3)11-27-15-8-4-6-13-10-28(25,26)23-17(20)16(13)15/h4-9H,10-11H2,1-3H3,(H2,20,23)(H,22,24). The van der Waals surface area contributed by atoms with Crippen molar-refractivity contribution in [1.29, 1.82) is 0 Å². The minimum atomic E-state index is -3.61. The maximum absolute atomic E-state index is 12.5. The van der Waals surface area contributed by atoms with Crippen LogP contribution in [0.15, 0.2) is 40.9 Å². The first-order chi connectivity index (χ1) is 13.1. The van der Waals surface area contributed by atoms with E-state index in [4.69, 9.17) is 10.5 Å². The molecule has 1 aromatic heterocycles. The molecule has 1 aromatic carbocycles. The molecule has 0 fully saturated rings. The van der Waals surface area contributed by atoms with E-state index in [1.807, 2.05) is 13.8 Å². The Bertz CT molecular complexity index is 1060. The number of benzene rings is 1. The van der Waals surface area contributed by atoms with Crippen LogP contribution in [-0.4, -0.2) is 37.3 Å². The van der Waals surface area contributed by atoms with E-state index in [0.29, 0.717) is 28.1 Å². The molecule has 1 aliphatic rings. The maximum atomic E-state index is 12.5. The molecule has 3 N–H and O–H groups in total. The first kappa shape index (κ1) is 19.8. The topological polar surface area (TPSA) is 124 Å². The number of nitrogens with zero attached hydrogens (tertiary/aromatic N) is 2. The largest absolute Gasteiger partial charge is 0.490 e. The number of hydrogen-bond donors (Lipinski definition) is 2. The van der Waals surface area contributed by atoms with Gasteiger partial charge in [-0.3, -0.25) is 9.78 Å². The fourth-order valence-corrected chi connectivity index (χ4v) is 4.01. The molecule has 0 bridgehead atoms. The first-order valence-corrected chi connectivity index (χ1v) is 10.3. The van der Waals surface area contributed by atoms with Gasteiger partial charge in [0, 0.05) is 11.9 Å². The summed E-state index contributed by atoms with van der Waals surface area (Å²) in [6, 6.07) is 8.49. The summed E-state index contributed by atoms with van der Waals surface area (Å²) < 4.78 is 33.0. The number of ether oxygens (including phenoxy) is 1. The molecule has 148 valence electrons. The maximum Gasteiger partial charge on any atom is 0.259 e. The second-order valence-corrected chi connectivity index (χ2v) is 8.89. The third-order valence-electron chi connectivity index (χ3n) is 4.24. The number of fused-ring (bicyclic) bond motifs is 1. The summed E-state index contributed by atoms with van der Waals surface area (Å²) in [4.78, 5) is 16.7. The summed E-state index contributed by atoms with van der Waals surface area (Å²) in [6.45, 7) is 5.57. The van der Waals surface area contributed by atoms with E-state index in [9.17, 15) is 13.2 Å². The van der Waals surface area contributed by atoms with Gasteiger partial charge in [-0.25, -0.2) is 8.42 Å². The van der Waals surface area contributed by atoms with Crippen molar-refractivity contribution in [1.82, 2.24) is 10.3 Å². The van der Waals surface area contributed by atoms with Crippen molar-refractivity contribution in [2.45, 2.75) is 32.1 Å². The average Bonchev–Trinajstić information content (AvgIpc) is 2.58. The van der Waals surface area contributed by atoms with Crippen LogP contribution in [0.4, 0.5) is 0 Å². The van der Waals surface area contributed by atoms with E-state index in [-0.39, 0.29) is 24.1 Å². The monoisotopic (exact) mass is 402 g/mol. The van der Waals surface area contributed by atoms with Crippen molar-refractivity contribution in [2.24, 2.45) is 10.1 Å². The summed E-state index contributed by atoms with van der Waals surface area (Å²) in [6.07, 6.45) is 1.63. The Morgan fingerprint density at radius 2 is 2.04 bits per heavy atom. The van der Waals surface area contributed by atoms with E-state index in [1.165, 1.54) is 0 Å². The molecule has 0 saturated carbocycles. The van der Waals surface area contributed by atoms with Crippen LogP contribution in [-0.2, 0) is 15.8 Å². The zero-order chi connectivity index (χ0) is 20.5. The summed E-state index contributed by atoms with van der Waals surface area (Å²) in [5.74, 6) is -0.139. The van der Waals surface area contributed by atoms with Gasteiger partial charge in [-0.15, -0.1) is 4.40 Å². The minimum Gasteiger partial charge on any atom is -0.490 e. The van der Waals surface area contributed by atoms with Crippen LogP contribution in [0, 0.1) is 6.92 Å². The number of amidine groups is 1. The van der Waals surface area contributed by atoms with Gasteiger partial charge in [-0.1, -0.05) is 12.1 Å². The molecule has 2 heterocycles. The third kappa shape index (κ3) is 4.30. The number of nitrogens with two attached hydrogens (primary N) is 1. The molecule has 0 unspecified atom stereocenters. The van der Waals surface area contributed by atoms with E-state index in [2.05, 4.69) is 14.7 Å². The van der Waals surface area contributed by atoms with Gasteiger partial charge in [-0.2, -0.15) is 0 Å². The van der Waals surface area contributed by atoms with Crippen LogP contribution in [0.3, 0.4) is 0 Å². The van der Waals surface area contributed by atoms with Gasteiger partial charge >= 0.3 is 0 Å². The zero-order valence-electron chi connectivity index (χ0n) is 15.9. The van der Waals surface area contributed by atoms with Crippen molar-refractivity contribution in [2.75, 3.05) is 6.61 Å². The molecule has 1 aliphatic heterocycles. The Labute approximate surface area is 163 Å². The van der Waals surface area contributed by atoms with Crippen LogP contribution < -0.4 is 15.8 Å². The molecule has 0 spiro atoms. The number of hydrogen-bond acceptors (Lipinski definition) is 6. The molecule has 0 radical (unpaired) electrons. The Morgan fingerprint density at radius 3 is 2.75 bits per heavy atom. The Kier molecular flexibility index (Phi) is 5.12. The van der Waals surface area contributed by atoms with Gasteiger partial charge in [0.05, 0.1) is 22.4 Å². The Morgan fingerprint density at radius 1 is 1.29 bits per heavy atom. The van der Waals surface area contributed by atoms with Gasteiger partial charge in [0.2, 0.25) is 0 Å². The predicted octanol–water partition coefficient (Wildman–Crippen LogP) is 1.53.